The molecule has 0 saturated heterocycles. The van der Waals surface area contributed by atoms with Crippen molar-refractivity contribution in [3.05, 3.63) is 35.9 Å². The van der Waals surface area contributed by atoms with Gasteiger partial charge in [-0.25, -0.2) is 0 Å². The molecule has 0 aromatic heterocycles. The Morgan fingerprint density at radius 3 is 2.35 bits per heavy atom. The van der Waals surface area contributed by atoms with Crippen LogP contribution in [-0.2, 0) is 5.75 Å². The lowest BCUT2D eigenvalue weighted by Gasteiger charge is -2.21. The van der Waals surface area contributed by atoms with Gasteiger partial charge in [-0.1, -0.05) is 50.6 Å². The van der Waals surface area contributed by atoms with Crippen LogP contribution in [0.5, 0.6) is 0 Å². The molecule has 0 amide bonds. The van der Waals surface area contributed by atoms with Crippen molar-refractivity contribution in [3.63, 3.8) is 0 Å². The molecular weight excluding hydrogens is 300 g/mol. The van der Waals surface area contributed by atoms with Gasteiger partial charge in [0.2, 0.25) is 0 Å². The maximum absolute atomic E-state index is 3.60. The van der Waals surface area contributed by atoms with E-state index < -0.39 is 0 Å². The van der Waals surface area contributed by atoms with E-state index >= 15 is 0 Å². The van der Waals surface area contributed by atoms with Gasteiger partial charge in [0.15, 0.2) is 0 Å². The Labute approximate surface area is 148 Å². The van der Waals surface area contributed by atoms with Gasteiger partial charge < -0.3 is 10.2 Å². The number of rotatable bonds is 15. The van der Waals surface area contributed by atoms with Gasteiger partial charge in [-0.05, 0) is 69.7 Å². The Kier molecular flexibility index (Phi) is 13.4. The van der Waals surface area contributed by atoms with E-state index in [0.717, 1.165) is 18.8 Å². The van der Waals surface area contributed by atoms with E-state index in [1.54, 1.807) is 0 Å². The Morgan fingerprint density at radius 2 is 1.61 bits per heavy atom. The van der Waals surface area contributed by atoms with E-state index in [-0.39, 0.29) is 0 Å². The molecule has 0 unspecified atom stereocenters. The summed E-state index contributed by atoms with van der Waals surface area (Å²) in [6, 6.07) is 10.8. The molecule has 0 spiro atoms. The summed E-state index contributed by atoms with van der Waals surface area (Å²) in [4.78, 5) is 2.63. The molecule has 132 valence electrons. The van der Waals surface area contributed by atoms with Crippen molar-refractivity contribution in [3.8, 4) is 0 Å². The van der Waals surface area contributed by atoms with E-state index in [1.807, 2.05) is 11.8 Å². The van der Waals surface area contributed by atoms with Gasteiger partial charge in [-0.3, -0.25) is 0 Å². The number of hydrogen-bond donors (Lipinski definition) is 1. The summed E-state index contributed by atoms with van der Waals surface area (Å²) < 4.78 is 0. The molecule has 0 aliphatic rings. The van der Waals surface area contributed by atoms with Crippen molar-refractivity contribution in [1.29, 1.82) is 0 Å². The van der Waals surface area contributed by atoms with Gasteiger partial charge in [0.25, 0.3) is 0 Å². The van der Waals surface area contributed by atoms with Gasteiger partial charge in [0.1, 0.15) is 0 Å². The second-order valence-corrected chi connectivity index (χ2v) is 7.30. The first-order chi connectivity index (χ1) is 11.4. The molecule has 23 heavy (non-hydrogen) atoms. The average molecular weight is 337 g/mol. The number of unbranched alkanes of at least 4 members (excludes halogenated alkanes) is 1. The van der Waals surface area contributed by atoms with Crippen molar-refractivity contribution < 1.29 is 0 Å². The third-order valence-electron chi connectivity index (χ3n) is 3.95. The van der Waals surface area contributed by atoms with Gasteiger partial charge in [0.05, 0.1) is 0 Å². The summed E-state index contributed by atoms with van der Waals surface area (Å²) in [5.41, 5.74) is 1.44. The third-order valence-corrected chi connectivity index (χ3v) is 5.06. The molecule has 0 atom stereocenters. The predicted octanol–water partition coefficient (Wildman–Crippen LogP) is 4.80. The fourth-order valence-corrected chi connectivity index (χ4v) is 3.57. The maximum atomic E-state index is 3.60. The molecule has 2 nitrogen and oxygen atoms in total. The molecule has 1 aromatic rings. The molecule has 1 aromatic carbocycles. The largest absolute Gasteiger partial charge is 0.317 e. The topological polar surface area (TPSA) is 15.3 Å². The van der Waals surface area contributed by atoms with Crippen LogP contribution in [0.15, 0.2) is 30.3 Å². The number of benzene rings is 1. The first-order valence-corrected chi connectivity index (χ1v) is 10.6. The molecule has 0 aliphatic carbocycles. The maximum Gasteiger partial charge on any atom is 0.0184 e. The van der Waals surface area contributed by atoms with Crippen LogP contribution in [0.1, 0.15) is 51.5 Å². The van der Waals surface area contributed by atoms with Crippen LogP contribution in [0.4, 0.5) is 0 Å². The van der Waals surface area contributed by atoms with Crippen molar-refractivity contribution >= 4 is 11.8 Å². The first kappa shape index (κ1) is 20.5. The Morgan fingerprint density at radius 1 is 0.870 bits per heavy atom. The molecule has 3 heteroatoms. The summed E-state index contributed by atoms with van der Waals surface area (Å²) in [5.74, 6) is 2.39. The molecule has 0 fully saturated rings. The highest BCUT2D eigenvalue weighted by molar-refractivity contribution is 7.98. The minimum absolute atomic E-state index is 1.14. The van der Waals surface area contributed by atoms with Crippen LogP contribution >= 0.6 is 11.8 Å². The lowest BCUT2D eigenvalue weighted by Crippen LogP contribution is -2.29. The van der Waals surface area contributed by atoms with Crippen molar-refractivity contribution in [2.24, 2.45) is 0 Å². The smallest absolute Gasteiger partial charge is 0.0184 e. The lowest BCUT2D eigenvalue weighted by atomic mass is 10.2. The highest BCUT2D eigenvalue weighted by Crippen LogP contribution is 2.12. The second-order valence-electron chi connectivity index (χ2n) is 6.19. The number of hydrogen-bond acceptors (Lipinski definition) is 3. The van der Waals surface area contributed by atoms with Crippen molar-refractivity contribution in [2.45, 2.75) is 51.7 Å². The van der Waals surface area contributed by atoms with Crippen LogP contribution in [0.2, 0.25) is 0 Å². The first-order valence-electron chi connectivity index (χ1n) is 9.41. The van der Waals surface area contributed by atoms with Gasteiger partial charge >= 0.3 is 0 Å². The summed E-state index contributed by atoms with van der Waals surface area (Å²) in [6.07, 6.45) is 6.47. The Balaban J connectivity index is 1.90. The molecular formula is C20H36N2S. The number of thioether (sulfide) groups is 1. The second kappa shape index (κ2) is 15.0. The molecule has 1 N–H and O–H groups in total. The predicted molar refractivity (Wildman–Crippen MR) is 106 cm³/mol. The molecule has 0 saturated carbocycles. The Hall–Kier alpha value is -0.510. The van der Waals surface area contributed by atoms with Crippen LogP contribution in [0.3, 0.4) is 0 Å². The quantitative estimate of drug-likeness (QED) is 0.463. The van der Waals surface area contributed by atoms with Crippen LogP contribution < -0.4 is 5.32 Å². The normalized spacial score (nSPS) is 11.3. The number of nitrogens with one attached hydrogen (secondary N) is 1. The van der Waals surface area contributed by atoms with E-state index in [0.29, 0.717) is 0 Å². The van der Waals surface area contributed by atoms with Gasteiger partial charge in [0, 0.05) is 5.75 Å². The third kappa shape index (κ3) is 11.6. The van der Waals surface area contributed by atoms with Gasteiger partial charge in [-0.2, -0.15) is 11.8 Å². The molecule has 0 aliphatic heterocycles. The standard InChI is InChI=1S/C20H36N2S/c1-3-5-16-22(15-4-2)17-9-13-21-14-10-18-23-19-20-11-7-6-8-12-20/h6-8,11-12,21H,3-5,9-10,13-19H2,1-2H3. The fourth-order valence-electron chi connectivity index (χ4n) is 2.65. The summed E-state index contributed by atoms with van der Waals surface area (Å²) >= 11 is 2.04. The summed E-state index contributed by atoms with van der Waals surface area (Å²) in [7, 11) is 0. The highest BCUT2D eigenvalue weighted by Gasteiger charge is 2.02. The Bertz CT molecular complexity index is 356. The van der Waals surface area contributed by atoms with E-state index in [4.69, 9.17) is 0 Å². The zero-order chi connectivity index (χ0) is 16.6. The number of nitrogens with zero attached hydrogens (tertiary/aromatic N) is 1. The van der Waals surface area contributed by atoms with Crippen LogP contribution in [-0.4, -0.2) is 43.4 Å². The van der Waals surface area contributed by atoms with E-state index in [9.17, 15) is 0 Å². The van der Waals surface area contributed by atoms with E-state index in [2.05, 4.69) is 54.4 Å². The fraction of sp³-hybridized carbons (Fsp3) is 0.700. The summed E-state index contributed by atoms with van der Waals surface area (Å²) in [5, 5.41) is 3.60. The zero-order valence-corrected chi connectivity index (χ0v) is 16.0. The zero-order valence-electron chi connectivity index (χ0n) is 15.2. The monoisotopic (exact) mass is 336 g/mol. The minimum Gasteiger partial charge on any atom is -0.317 e. The van der Waals surface area contributed by atoms with Crippen molar-refractivity contribution in [1.82, 2.24) is 10.2 Å². The molecule has 0 bridgehead atoms. The van der Waals surface area contributed by atoms with Crippen LogP contribution in [0.25, 0.3) is 0 Å². The molecule has 1 rings (SSSR count). The summed E-state index contributed by atoms with van der Waals surface area (Å²) in [6.45, 7) is 10.7. The SMILES string of the molecule is CCCCN(CCC)CCCNCCCSCc1ccccc1. The molecule has 0 radical (unpaired) electrons. The molecule has 0 heterocycles. The lowest BCUT2D eigenvalue weighted by molar-refractivity contribution is 0.265. The average Bonchev–Trinajstić information content (AvgIpc) is 2.59. The van der Waals surface area contributed by atoms with Gasteiger partial charge in [-0.15, -0.1) is 0 Å². The van der Waals surface area contributed by atoms with E-state index in [1.165, 1.54) is 63.1 Å². The van der Waals surface area contributed by atoms with Crippen molar-refractivity contribution in [2.75, 3.05) is 38.5 Å². The van der Waals surface area contributed by atoms with Crippen LogP contribution in [0, 0.1) is 0 Å². The highest BCUT2D eigenvalue weighted by atomic mass is 32.2. The minimum atomic E-state index is 1.14.